The number of ketones is 1. The van der Waals surface area contributed by atoms with Crippen molar-refractivity contribution in [3.05, 3.63) is 112 Å². The molecule has 0 bridgehead atoms. The molecule has 0 unspecified atom stereocenters. The molecule has 0 spiro atoms. The molecule has 1 heterocycles. The predicted molar refractivity (Wildman–Crippen MR) is 148 cm³/mol. The molecule has 0 radical (unpaired) electrons. The fourth-order valence-corrected chi connectivity index (χ4v) is 5.11. The molecule has 4 N–H and O–H groups in total. The second kappa shape index (κ2) is 10.9. The number of methoxy groups -OCH3 is 1. The lowest BCUT2D eigenvalue weighted by molar-refractivity contribution is 0.104. The predicted octanol–water partition coefficient (Wildman–Crippen LogP) is 5.88. The summed E-state index contributed by atoms with van der Waals surface area (Å²) in [6.45, 7) is 0. The van der Waals surface area contributed by atoms with Gasteiger partial charge in [0.15, 0.2) is 12.1 Å². The standard InChI is InChI=1S/C32H26O8/c1-39-27-16-25(37)28(31(38)30(27)22(34)13-12-18-8-4-2-5-9-18)20-14-26(19-10-6-3-7-11-19)40-32-21(17-33)23(35)15-24(36)29(20)32/h2-13,15-17,20,26,35-38H,14H2,1H3/b13-12+/t20-,26+/m1/s1. The average Bonchev–Trinajstić information content (AvgIpc) is 2.96. The normalized spacial score (nSPS) is 16.2. The minimum absolute atomic E-state index is 0.0446. The van der Waals surface area contributed by atoms with Crippen molar-refractivity contribution in [3.8, 4) is 34.5 Å². The van der Waals surface area contributed by atoms with Gasteiger partial charge >= 0.3 is 0 Å². The molecule has 4 aromatic carbocycles. The molecule has 5 rings (SSSR count). The number of carbonyl (C=O) groups is 2. The summed E-state index contributed by atoms with van der Waals surface area (Å²) in [6, 6.07) is 20.4. The van der Waals surface area contributed by atoms with Crippen molar-refractivity contribution in [2.45, 2.75) is 18.4 Å². The molecule has 0 saturated heterocycles. The van der Waals surface area contributed by atoms with Crippen molar-refractivity contribution in [2.75, 3.05) is 7.11 Å². The summed E-state index contributed by atoms with van der Waals surface area (Å²) < 4.78 is 11.5. The number of rotatable bonds is 7. The van der Waals surface area contributed by atoms with Crippen molar-refractivity contribution < 1.29 is 39.5 Å². The second-order valence-electron chi connectivity index (χ2n) is 9.34. The number of phenolic OH excluding ortho intramolecular Hbond substituents is 4. The van der Waals surface area contributed by atoms with Gasteiger partial charge in [-0.3, -0.25) is 9.59 Å². The van der Waals surface area contributed by atoms with Crippen LogP contribution in [0.25, 0.3) is 6.08 Å². The number of carbonyl (C=O) groups excluding carboxylic acids is 2. The molecule has 0 amide bonds. The average molecular weight is 539 g/mol. The van der Waals surface area contributed by atoms with Crippen molar-refractivity contribution in [3.63, 3.8) is 0 Å². The van der Waals surface area contributed by atoms with Crippen molar-refractivity contribution >= 4 is 18.1 Å². The van der Waals surface area contributed by atoms with Crippen LogP contribution in [0.4, 0.5) is 0 Å². The van der Waals surface area contributed by atoms with Gasteiger partial charge in [0, 0.05) is 35.6 Å². The Morgan fingerprint density at radius 1 is 0.900 bits per heavy atom. The van der Waals surface area contributed by atoms with E-state index in [9.17, 15) is 30.0 Å². The van der Waals surface area contributed by atoms with Gasteiger partial charge in [-0.25, -0.2) is 0 Å². The number of aldehydes is 1. The van der Waals surface area contributed by atoms with Gasteiger partial charge in [-0.2, -0.15) is 0 Å². The highest BCUT2D eigenvalue weighted by molar-refractivity contribution is 6.11. The minimum Gasteiger partial charge on any atom is -0.507 e. The van der Waals surface area contributed by atoms with Gasteiger partial charge in [0.1, 0.15) is 46.2 Å². The molecule has 202 valence electrons. The Kier molecular flexibility index (Phi) is 7.16. The van der Waals surface area contributed by atoms with Crippen LogP contribution in [0.15, 0.2) is 78.9 Å². The van der Waals surface area contributed by atoms with Gasteiger partial charge in [-0.05, 0) is 17.2 Å². The number of hydrogen-bond donors (Lipinski definition) is 4. The van der Waals surface area contributed by atoms with Crippen molar-refractivity contribution in [1.29, 1.82) is 0 Å². The summed E-state index contributed by atoms with van der Waals surface area (Å²) in [5.41, 5.74) is 1.16. The number of allylic oxidation sites excluding steroid dienone is 1. The molecule has 8 nitrogen and oxygen atoms in total. The van der Waals surface area contributed by atoms with Gasteiger partial charge in [-0.1, -0.05) is 66.7 Å². The maximum Gasteiger partial charge on any atom is 0.193 e. The molecular formula is C32H26O8. The lowest BCUT2D eigenvalue weighted by Gasteiger charge is -2.35. The fourth-order valence-electron chi connectivity index (χ4n) is 5.11. The second-order valence-corrected chi connectivity index (χ2v) is 9.34. The number of fused-ring (bicyclic) bond motifs is 1. The third-order valence-corrected chi connectivity index (χ3v) is 6.99. The summed E-state index contributed by atoms with van der Waals surface area (Å²) in [5.74, 6) is -3.45. The molecule has 1 aliphatic rings. The largest absolute Gasteiger partial charge is 0.507 e. The summed E-state index contributed by atoms with van der Waals surface area (Å²) in [5, 5.41) is 43.9. The monoisotopic (exact) mass is 538 g/mol. The summed E-state index contributed by atoms with van der Waals surface area (Å²) in [4.78, 5) is 25.3. The Hall–Kier alpha value is -5.24. The van der Waals surface area contributed by atoms with Crippen molar-refractivity contribution in [2.24, 2.45) is 0 Å². The minimum atomic E-state index is -0.941. The molecule has 40 heavy (non-hydrogen) atoms. The van der Waals surface area contributed by atoms with Crippen LogP contribution in [0, 0.1) is 0 Å². The molecular weight excluding hydrogens is 512 g/mol. The van der Waals surface area contributed by atoms with Crippen LogP contribution in [0.2, 0.25) is 0 Å². The highest BCUT2D eigenvalue weighted by atomic mass is 16.5. The van der Waals surface area contributed by atoms with Gasteiger partial charge in [0.2, 0.25) is 0 Å². The first kappa shape index (κ1) is 26.4. The molecule has 0 aliphatic carbocycles. The molecule has 2 atom stereocenters. The van der Waals surface area contributed by atoms with E-state index < -0.39 is 35.1 Å². The van der Waals surface area contributed by atoms with Gasteiger partial charge in [0.25, 0.3) is 0 Å². The molecule has 0 saturated carbocycles. The topological polar surface area (TPSA) is 134 Å². The Labute approximate surface area is 230 Å². The fraction of sp³-hybridized carbons (Fsp3) is 0.125. The SMILES string of the molecule is COc1cc(O)c([C@H]2C[C@@H](c3ccccc3)Oc3c(C=O)c(O)cc(O)c32)c(O)c1C(=O)/C=C/c1ccccc1. The summed E-state index contributed by atoms with van der Waals surface area (Å²) in [7, 11) is 1.31. The van der Waals surface area contributed by atoms with E-state index in [2.05, 4.69) is 0 Å². The van der Waals surface area contributed by atoms with Crippen LogP contribution in [-0.2, 0) is 0 Å². The zero-order chi connectivity index (χ0) is 28.4. The van der Waals surface area contributed by atoms with Crippen LogP contribution >= 0.6 is 0 Å². The van der Waals surface area contributed by atoms with Crippen LogP contribution in [-0.4, -0.2) is 39.6 Å². The number of hydrogen-bond acceptors (Lipinski definition) is 8. The van der Waals surface area contributed by atoms with Gasteiger partial charge in [0.05, 0.1) is 12.7 Å². The summed E-state index contributed by atoms with van der Waals surface area (Å²) >= 11 is 0. The van der Waals surface area contributed by atoms with Crippen LogP contribution in [0.3, 0.4) is 0 Å². The highest BCUT2D eigenvalue weighted by Gasteiger charge is 2.39. The molecule has 4 aromatic rings. The number of phenols is 4. The van der Waals surface area contributed by atoms with Crippen molar-refractivity contribution in [1.82, 2.24) is 0 Å². The van der Waals surface area contributed by atoms with E-state index in [-0.39, 0.29) is 45.9 Å². The Morgan fingerprint density at radius 2 is 1.55 bits per heavy atom. The Balaban J connectivity index is 1.70. The molecule has 1 aliphatic heterocycles. The Morgan fingerprint density at radius 3 is 2.20 bits per heavy atom. The first-order valence-corrected chi connectivity index (χ1v) is 12.5. The first-order chi connectivity index (χ1) is 19.3. The number of benzene rings is 4. The Bertz CT molecular complexity index is 1610. The maximum atomic E-state index is 13.3. The van der Waals surface area contributed by atoms with Crippen LogP contribution in [0.1, 0.15) is 61.4 Å². The molecule has 8 heteroatoms. The van der Waals surface area contributed by atoms with Crippen LogP contribution < -0.4 is 9.47 Å². The van der Waals surface area contributed by atoms with E-state index in [1.54, 1.807) is 6.08 Å². The molecule has 0 aromatic heterocycles. The lowest BCUT2D eigenvalue weighted by Crippen LogP contribution is -2.22. The van der Waals surface area contributed by atoms with E-state index in [0.29, 0.717) is 6.29 Å². The van der Waals surface area contributed by atoms with E-state index in [1.807, 2.05) is 60.7 Å². The van der Waals surface area contributed by atoms with E-state index in [1.165, 1.54) is 19.3 Å². The third-order valence-electron chi connectivity index (χ3n) is 6.99. The zero-order valence-electron chi connectivity index (χ0n) is 21.4. The number of ether oxygens (including phenoxy) is 2. The van der Waals surface area contributed by atoms with E-state index in [0.717, 1.165) is 17.2 Å². The summed E-state index contributed by atoms with van der Waals surface area (Å²) in [6.07, 6.45) is 2.73. The smallest absolute Gasteiger partial charge is 0.193 e. The quantitative estimate of drug-likeness (QED) is 0.130. The highest BCUT2D eigenvalue weighted by Crippen LogP contribution is 2.56. The zero-order valence-corrected chi connectivity index (χ0v) is 21.4. The third kappa shape index (κ3) is 4.71. The van der Waals surface area contributed by atoms with E-state index >= 15 is 0 Å². The number of aromatic hydroxyl groups is 4. The lowest BCUT2D eigenvalue weighted by atomic mass is 9.79. The molecule has 0 fully saturated rings. The maximum absolute atomic E-state index is 13.3. The van der Waals surface area contributed by atoms with Crippen LogP contribution in [0.5, 0.6) is 34.5 Å². The first-order valence-electron chi connectivity index (χ1n) is 12.5. The van der Waals surface area contributed by atoms with Gasteiger partial charge in [-0.15, -0.1) is 0 Å². The van der Waals surface area contributed by atoms with Gasteiger partial charge < -0.3 is 29.9 Å². The van der Waals surface area contributed by atoms with E-state index in [4.69, 9.17) is 9.47 Å².